The largest absolute Gasteiger partial charge is 0.468 e. The van der Waals surface area contributed by atoms with Crippen LogP contribution in [0.1, 0.15) is 18.5 Å². The second-order valence-corrected chi connectivity index (χ2v) is 4.49. The SMILES string of the molecule is COC(=O)N1C(OC)=NC(C)=CC1c1cc(F)c(F)c(F)c1. The van der Waals surface area contributed by atoms with E-state index in [1.807, 2.05) is 0 Å². The predicted octanol–water partition coefficient (Wildman–Crippen LogP) is 3.13. The second kappa shape index (κ2) is 6.08. The molecule has 5 nitrogen and oxygen atoms in total. The molecule has 22 heavy (non-hydrogen) atoms. The van der Waals surface area contributed by atoms with Gasteiger partial charge in [0.2, 0.25) is 0 Å². The van der Waals surface area contributed by atoms with Crippen molar-refractivity contribution >= 4 is 12.1 Å². The second-order valence-electron chi connectivity index (χ2n) is 4.49. The summed E-state index contributed by atoms with van der Waals surface area (Å²) in [6.07, 6.45) is 0.644. The molecule has 118 valence electrons. The Morgan fingerprint density at radius 1 is 1.23 bits per heavy atom. The van der Waals surface area contributed by atoms with Crippen molar-refractivity contribution in [3.63, 3.8) is 0 Å². The zero-order valence-corrected chi connectivity index (χ0v) is 12.1. The smallest absolute Gasteiger partial charge is 0.418 e. The molecule has 1 unspecified atom stereocenters. The molecule has 1 aliphatic rings. The molecular formula is C14H13F3N2O3. The molecule has 8 heteroatoms. The highest BCUT2D eigenvalue weighted by Crippen LogP contribution is 2.30. The Balaban J connectivity index is 2.55. The number of halogens is 3. The van der Waals surface area contributed by atoms with E-state index in [0.29, 0.717) is 5.70 Å². The number of aliphatic imine (C=N–C) groups is 1. The number of allylic oxidation sites excluding steroid dienone is 1. The van der Waals surface area contributed by atoms with Crippen LogP contribution >= 0.6 is 0 Å². The van der Waals surface area contributed by atoms with Crippen LogP contribution in [0.25, 0.3) is 0 Å². The highest BCUT2D eigenvalue weighted by atomic mass is 19.2. The molecule has 0 radical (unpaired) electrons. The van der Waals surface area contributed by atoms with Gasteiger partial charge in [0.05, 0.1) is 20.3 Å². The molecule has 1 aromatic carbocycles. The van der Waals surface area contributed by atoms with Crippen molar-refractivity contribution in [3.8, 4) is 0 Å². The Morgan fingerprint density at radius 3 is 2.32 bits per heavy atom. The number of ether oxygens (including phenoxy) is 2. The van der Waals surface area contributed by atoms with Crippen molar-refractivity contribution in [2.75, 3.05) is 14.2 Å². The van der Waals surface area contributed by atoms with Crippen molar-refractivity contribution in [3.05, 3.63) is 46.9 Å². The summed E-state index contributed by atoms with van der Waals surface area (Å²) < 4.78 is 49.6. The number of nitrogens with zero attached hydrogens (tertiary/aromatic N) is 2. The maximum absolute atomic E-state index is 13.4. The number of amides is 1. The summed E-state index contributed by atoms with van der Waals surface area (Å²) in [7, 11) is 2.43. The molecule has 1 aromatic rings. The Labute approximate surface area is 124 Å². The van der Waals surface area contributed by atoms with Gasteiger partial charge in [-0.25, -0.2) is 27.9 Å². The van der Waals surface area contributed by atoms with Crippen molar-refractivity contribution in [2.45, 2.75) is 13.0 Å². The minimum atomic E-state index is -1.58. The lowest BCUT2D eigenvalue weighted by Gasteiger charge is -2.31. The molecular weight excluding hydrogens is 301 g/mol. The van der Waals surface area contributed by atoms with Crippen LogP contribution in [-0.2, 0) is 9.47 Å². The quantitative estimate of drug-likeness (QED) is 0.748. The number of benzene rings is 1. The van der Waals surface area contributed by atoms with Gasteiger partial charge in [-0.15, -0.1) is 0 Å². The number of amidine groups is 1. The molecule has 0 aliphatic carbocycles. The van der Waals surface area contributed by atoms with Gasteiger partial charge in [0.1, 0.15) is 0 Å². The first kappa shape index (κ1) is 15.9. The lowest BCUT2D eigenvalue weighted by molar-refractivity contribution is 0.127. The molecule has 0 saturated heterocycles. The summed E-state index contributed by atoms with van der Waals surface area (Å²) in [5.74, 6) is -4.29. The van der Waals surface area contributed by atoms with Crippen molar-refractivity contribution in [1.29, 1.82) is 0 Å². The third-order valence-electron chi connectivity index (χ3n) is 3.06. The molecule has 0 bridgehead atoms. The number of carbonyl (C=O) groups excluding carboxylic acids is 1. The summed E-state index contributed by atoms with van der Waals surface area (Å²) in [5, 5.41) is 0. The van der Waals surface area contributed by atoms with Crippen LogP contribution in [-0.4, -0.2) is 31.2 Å². The molecule has 0 fully saturated rings. The fourth-order valence-corrected chi connectivity index (χ4v) is 2.09. The standard InChI is InChI=1S/C14H13F3N2O3/c1-7-4-11(8-5-9(15)12(17)10(16)6-8)19(14(20)22-3)13(18-7)21-2/h4-6,11H,1-3H3. The van der Waals surface area contributed by atoms with Gasteiger partial charge < -0.3 is 9.47 Å². The van der Waals surface area contributed by atoms with E-state index in [2.05, 4.69) is 9.73 Å². The van der Waals surface area contributed by atoms with E-state index < -0.39 is 29.6 Å². The lowest BCUT2D eigenvalue weighted by atomic mass is 10.0. The Bertz CT molecular complexity index is 650. The van der Waals surface area contributed by atoms with E-state index in [9.17, 15) is 18.0 Å². The van der Waals surface area contributed by atoms with Gasteiger partial charge in [0, 0.05) is 5.70 Å². The normalized spacial score (nSPS) is 17.7. The van der Waals surface area contributed by atoms with Crippen LogP contribution in [0.15, 0.2) is 28.9 Å². The van der Waals surface area contributed by atoms with Crippen LogP contribution in [0, 0.1) is 17.5 Å². The predicted molar refractivity (Wildman–Crippen MR) is 71.5 cm³/mol. The van der Waals surface area contributed by atoms with Crippen LogP contribution in [0.4, 0.5) is 18.0 Å². The number of rotatable bonds is 1. The molecule has 1 aliphatic heterocycles. The van der Waals surface area contributed by atoms with Gasteiger partial charge in [0.25, 0.3) is 0 Å². The zero-order valence-electron chi connectivity index (χ0n) is 12.1. The molecule has 1 atom stereocenters. The van der Waals surface area contributed by atoms with Crippen LogP contribution in [0.5, 0.6) is 0 Å². The lowest BCUT2D eigenvalue weighted by Crippen LogP contribution is -2.42. The number of methoxy groups -OCH3 is 2. The summed E-state index contributed by atoms with van der Waals surface area (Å²) in [6.45, 7) is 1.62. The van der Waals surface area contributed by atoms with Gasteiger partial charge in [-0.3, -0.25) is 0 Å². The van der Waals surface area contributed by atoms with Crippen molar-refractivity contribution < 1.29 is 27.4 Å². The first-order chi connectivity index (χ1) is 10.4. The van der Waals surface area contributed by atoms with Gasteiger partial charge in [-0.05, 0) is 30.7 Å². The van der Waals surface area contributed by atoms with E-state index in [-0.39, 0.29) is 11.6 Å². The fraction of sp³-hybridized carbons (Fsp3) is 0.286. The van der Waals surface area contributed by atoms with E-state index in [1.54, 1.807) is 6.92 Å². The highest BCUT2D eigenvalue weighted by molar-refractivity contribution is 5.92. The maximum Gasteiger partial charge on any atom is 0.418 e. The molecule has 1 heterocycles. The van der Waals surface area contributed by atoms with Gasteiger partial charge in [-0.1, -0.05) is 0 Å². The van der Waals surface area contributed by atoms with Gasteiger partial charge >= 0.3 is 12.1 Å². The summed E-state index contributed by atoms with van der Waals surface area (Å²) in [5.41, 5.74) is 0.484. The minimum Gasteiger partial charge on any atom is -0.468 e. The average Bonchev–Trinajstić information content (AvgIpc) is 2.50. The number of carbonyl (C=O) groups is 1. The van der Waals surface area contributed by atoms with Crippen LogP contribution in [0.2, 0.25) is 0 Å². The Kier molecular flexibility index (Phi) is 4.39. The number of hydrogen-bond acceptors (Lipinski definition) is 4. The maximum atomic E-state index is 13.4. The molecule has 0 spiro atoms. The van der Waals surface area contributed by atoms with E-state index >= 15 is 0 Å². The zero-order chi connectivity index (χ0) is 16.4. The summed E-state index contributed by atoms with van der Waals surface area (Å²) in [6, 6.07) is 0.578. The highest BCUT2D eigenvalue weighted by Gasteiger charge is 2.34. The van der Waals surface area contributed by atoms with Gasteiger partial charge in [-0.2, -0.15) is 0 Å². The fourth-order valence-electron chi connectivity index (χ4n) is 2.09. The van der Waals surface area contributed by atoms with Crippen molar-refractivity contribution in [2.24, 2.45) is 4.99 Å². The molecule has 0 N–H and O–H groups in total. The first-order valence-electron chi connectivity index (χ1n) is 6.21. The van der Waals surface area contributed by atoms with Crippen LogP contribution in [0.3, 0.4) is 0 Å². The Morgan fingerprint density at radius 2 is 1.82 bits per heavy atom. The van der Waals surface area contributed by atoms with E-state index in [1.165, 1.54) is 13.2 Å². The average molecular weight is 314 g/mol. The number of hydrogen-bond donors (Lipinski definition) is 0. The van der Waals surface area contributed by atoms with E-state index in [4.69, 9.17) is 4.74 Å². The monoisotopic (exact) mass is 314 g/mol. The topological polar surface area (TPSA) is 51.1 Å². The minimum absolute atomic E-state index is 0.0191. The first-order valence-corrected chi connectivity index (χ1v) is 6.21. The third-order valence-corrected chi connectivity index (χ3v) is 3.06. The van der Waals surface area contributed by atoms with E-state index in [0.717, 1.165) is 24.1 Å². The van der Waals surface area contributed by atoms with Gasteiger partial charge in [0.15, 0.2) is 17.5 Å². The Hall–Kier alpha value is -2.51. The molecule has 2 rings (SSSR count). The molecule has 0 aromatic heterocycles. The van der Waals surface area contributed by atoms with Crippen molar-refractivity contribution in [1.82, 2.24) is 4.90 Å². The molecule has 1 amide bonds. The van der Waals surface area contributed by atoms with Crippen LogP contribution < -0.4 is 0 Å². The summed E-state index contributed by atoms with van der Waals surface area (Å²) >= 11 is 0. The molecule has 0 saturated carbocycles. The third kappa shape index (κ3) is 2.76. The summed E-state index contributed by atoms with van der Waals surface area (Å²) in [4.78, 5) is 16.9.